The van der Waals surface area contributed by atoms with E-state index in [2.05, 4.69) is 20.2 Å². The average molecular weight is 352 g/mol. The zero-order valence-electron chi connectivity index (χ0n) is 14.6. The molecule has 0 N–H and O–H groups in total. The minimum atomic E-state index is -0.183. The first kappa shape index (κ1) is 16.4. The molecule has 4 rings (SSSR count). The van der Waals surface area contributed by atoms with Gasteiger partial charge in [-0.1, -0.05) is 24.1 Å². The van der Waals surface area contributed by atoms with Gasteiger partial charge in [0.15, 0.2) is 11.6 Å². The highest BCUT2D eigenvalue weighted by atomic mass is 16.5. The maximum Gasteiger partial charge on any atom is 0.273 e. The lowest BCUT2D eigenvalue weighted by Gasteiger charge is -2.27. The van der Waals surface area contributed by atoms with E-state index in [-0.39, 0.29) is 11.9 Å². The van der Waals surface area contributed by atoms with E-state index >= 15 is 0 Å². The van der Waals surface area contributed by atoms with Crippen LogP contribution in [0.4, 0.5) is 0 Å². The number of carbonyl (C=O) groups excluding carboxylic acids is 1. The van der Waals surface area contributed by atoms with Crippen molar-refractivity contribution < 1.29 is 9.32 Å². The van der Waals surface area contributed by atoms with E-state index < -0.39 is 0 Å². The molecule has 1 saturated heterocycles. The summed E-state index contributed by atoms with van der Waals surface area (Å²) < 4.78 is 6.77. The molecule has 26 heavy (non-hydrogen) atoms. The molecule has 0 saturated carbocycles. The Morgan fingerprint density at radius 2 is 2.12 bits per heavy atom. The lowest BCUT2D eigenvalue weighted by atomic mass is 10.1. The maximum absolute atomic E-state index is 13.2. The average Bonchev–Trinajstić information content (AvgIpc) is 3.28. The molecule has 0 bridgehead atoms. The van der Waals surface area contributed by atoms with Gasteiger partial charge in [-0.3, -0.25) is 4.79 Å². The minimum Gasteiger partial charge on any atom is -0.340 e. The molecular formula is C18H20N6O2. The minimum absolute atomic E-state index is 0.117. The van der Waals surface area contributed by atoms with Crippen molar-refractivity contribution in [3.8, 4) is 5.82 Å². The van der Waals surface area contributed by atoms with E-state index in [1.54, 1.807) is 30.1 Å². The smallest absolute Gasteiger partial charge is 0.273 e. The molecule has 3 aromatic rings. The van der Waals surface area contributed by atoms with Gasteiger partial charge in [0.25, 0.3) is 5.91 Å². The first-order valence-corrected chi connectivity index (χ1v) is 8.80. The molecule has 8 heteroatoms. The molecule has 1 unspecified atom stereocenters. The Hall–Kier alpha value is -3.03. The molecule has 8 nitrogen and oxygen atoms in total. The molecule has 1 aliphatic rings. The lowest BCUT2D eigenvalue weighted by Crippen LogP contribution is -2.36. The molecule has 0 radical (unpaired) electrons. The van der Waals surface area contributed by atoms with Gasteiger partial charge in [-0.05, 0) is 31.0 Å². The molecule has 0 spiro atoms. The monoisotopic (exact) mass is 352 g/mol. The SMILES string of the molecule is Cc1nc(C2CCCCCN2C(=O)c2cccc(-n3cccn3)n2)no1. The molecule has 1 amide bonds. The summed E-state index contributed by atoms with van der Waals surface area (Å²) >= 11 is 0. The van der Waals surface area contributed by atoms with Crippen molar-refractivity contribution in [2.75, 3.05) is 6.54 Å². The highest BCUT2D eigenvalue weighted by Gasteiger charge is 2.31. The van der Waals surface area contributed by atoms with Crippen LogP contribution in [0.3, 0.4) is 0 Å². The molecule has 1 fully saturated rings. The van der Waals surface area contributed by atoms with Gasteiger partial charge in [-0.25, -0.2) is 9.67 Å². The quantitative estimate of drug-likeness (QED) is 0.720. The number of pyridine rings is 1. The molecule has 0 aliphatic carbocycles. The number of nitrogens with zero attached hydrogens (tertiary/aromatic N) is 6. The predicted octanol–water partition coefficient (Wildman–Crippen LogP) is 2.72. The van der Waals surface area contributed by atoms with Crippen LogP contribution in [0.1, 0.15) is 53.9 Å². The van der Waals surface area contributed by atoms with Crippen molar-refractivity contribution in [2.45, 2.75) is 38.6 Å². The van der Waals surface area contributed by atoms with Crippen LogP contribution in [-0.4, -0.2) is 42.3 Å². The largest absolute Gasteiger partial charge is 0.340 e. The fourth-order valence-electron chi connectivity index (χ4n) is 3.29. The van der Waals surface area contributed by atoms with E-state index in [0.717, 1.165) is 25.7 Å². The zero-order valence-corrected chi connectivity index (χ0v) is 14.6. The normalized spacial score (nSPS) is 17.9. The summed E-state index contributed by atoms with van der Waals surface area (Å²) in [6.45, 7) is 2.42. The van der Waals surface area contributed by atoms with Crippen LogP contribution in [0, 0.1) is 6.92 Å². The highest BCUT2D eigenvalue weighted by Crippen LogP contribution is 2.29. The van der Waals surface area contributed by atoms with Gasteiger partial charge in [-0.2, -0.15) is 10.1 Å². The first-order valence-electron chi connectivity index (χ1n) is 8.80. The van der Waals surface area contributed by atoms with Crippen LogP contribution in [-0.2, 0) is 0 Å². The first-order chi connectivity index (χ1) is 12.7. The summed E-state index contributed by atoms with van der Waals surface area (Å²) in [5, 5.41) is 8.23. The number of aromatic nitrogens is 5. The summed E-state index contributed by atoms with van der Waals surface area (Å²) in [6.07, 6.45) is 7.37. The highest BCUT2D eigenvalue weighted by molar-refractivity contribution is 5.92. The van der Waals surface area contributed by atoms with Gasteiger partial charge in [0, 0.05) is 25.9 Å². The van der Waals surface area contributed by atoms with Gasteiger partial charge in [0.1, 0.15) is 5.69 Å². The summed E-state index contributed by atoms with van der Waals surface area (Å²) in [5.41, 5.74) is 0.394. The van der Waals surface area contributed by atoms with Crippen LogP contribution in [0.15, 0.2) is 41.2 Å². The third-order valence-corrected chi connectivity index (χ3v) is 4.55. The number of rotatable bonds is 3. The number of amides is 1. The van der Waals surface area contributed by atoms with Crippen molar-refractivity contribution in [1.82, 2.24) is 29.8 Å². The van der Waals surface area contributed by atoms with Gasteiger partial charge in [-0.15, -0.1) is 0 Å². The van der Waals surface area contributed by atoms with Crippen LogP contribution in [0.2, 0.25) is 0 Å². The Morgan fingerprint density at radius 3 is 2.88 bits per heavy atom. The fourth-order valence-corrected chi connectivity index (χ4v) is 3.29. The number of aryl methyl sites for hydroxylation is 1. The molecule has 0 aromatic carbocycles. The summed E-state index contributed by atoms with van der Waals surface area (Å²) in [6, 6.07) is 7.02. The standard InChI is InChI=1S/C18H20N6O2/c1-13-20-17(22-26-13)15-8-3-2-4-11-23(15)18(25)14-7-5-9-16(21-14)24-12-6-10-19-24/h5-7,9-10,12,15H,2-4,8,11H2,1H3. The van der Waals surface area contributed by atoms with Crippen molar-refractivity contribution in [1.29, 1.82) is 0 Å². The maximum atomic E-state index is 13.2. The second kappa shape index (κ2) is 7.07. The summed E-state index contributed by atoms with van der Waals surface area (Å²) in [5.74, 6) is 1.58. The Balaban J connectivity index is 1.65. The number of carbonyl (C=O) groups is 1. The van der Waals surface area contributed by atoms with E-state index in [0.29, 0.717) is 29.8 Å². The van der Waals surface area contributed by atoms with E-state index in [1.165, 1.54) is 0 Å². The number of hydrogen-bond donors (Lipinski definition) is 0. The number of likely N-dealkylation sites (tertiary alicyclic amines) is 1. The number of hydrogen-bond acceptors (Lipinski definition) is 6. The van der Waals surface area contributed by atoms with Crippen molar-refractivity contribution >= 4 is 5.91 Å². The summed E-state index contributed by atoms with van der Waals surface area (Å²) in [4.78, 5) is 23.9. The van der Waals surface area contributed by atoms with Gasteiger partial charge in [0.2, 0.25) is 5.89 Å². The van der Waals surface area contributed by atoms with E-state index in [9.17, 15) is 4.79 Å². The van der Waals surface area contributed by atoms with Crippen LogP contribution in [0.25, 0.3) is 5.82 Å². The van der Waals surface area contributed by atoms with Gasteiger partial charge >= 0.3 is 0 Å². The third kappa shape index (κ3) is 3.22. The molecule has 134 valence electrons. The van der Waals surface area contributed by atoms with Gasteiger partial charge in [0.05, 0.1) is 6.04 Å². The molecular weight excluding hydrogens is 332 g/mol. The molecule has 4 heterocycles. The molecule has 3 aromatic heterocycles. The Morgan fingerprint density at radius 1 is 1.19 bits per heavy atom. The topological polar surface area (TPSA) is 89.9 Å². The Kier molecular flexibility index (Phi) is 4.47. The Labute approximate surface area is 150 Å². The van der Waals surface area contributed by atoms with Crippen molar-refractivity contribution in [3.63, 3.8) is 0 Å². The Bertz CT molecular complexity index is 889. The second-order valence-electron chi connectivity index (χ2n) is 6.37. The second-order valence-corrected chi connectivity index (χ2v) is 6.37. The predicted molar refractivity (Wildman–Crippen MR) is 92.6 cm³/mol. The molecule has 1 atom stereocenters. The van der Waals surface area contributed by atoms with Crippen LogP contribution < -0.4 is 0 Å². The summed E-state index contributed by atoms with van der Waals surface area (Å²) in [7, 11) is 0. The van der Waals surface area contributed by atoms with E-state index in [4.69, 9.17) is 4.52 Å². The van der Waals surface area contributed by atoms with E-state index in [1.807, 2.05) is 23.1 Å². The fraction of sp³-hybridized carbons (Fsp3) is 0.389. The molecule has 1 aliphatic heterocycles. The third-order valence-electron chi connectivity index (χ3n) is 4.55. The van der Waals surface area contributed by atoms with Gasteiger partial charge < -0.3 is 9.42 Å². The van der Waals surface area contributed by atoms with Crippen LogP contribution in [0.5, 0.6) is 0 Å². The van der Waals surface area contributed by atoms with Crippen LogP contribution >= 0.6 is 0 Å². The van der Waals surface area contributed by atoms with Crippen molar-refractivity contribution in [2.24, 2.45) is 0 Å². The zero-order chi connectivity index (χ0) is 17.9. The van der Waals surface area contributed by atoms with Crippen molar-refractivity contribution in [3.05, 3.63) is 54.1 Å². The lowest BCUT2D eigenvalue weighted by molar-refractivity contribution is 0.0664.